The van der Waals surface area contributed by atoms with Gasteiger partial charge in [0.2, 0.25) is 0 Å². The van der Waals surface area contributed by atoms with Gasteiger partial charge in [0.25, 0.3) is 5.56 Å². The number of hydrogen-bond donors (Lipinski definition) is 1. The molecular formula is C13H18N2O3. The van der Waals surface area contributed by atoms with Crippen LogP contribution in [0.2, 0.25) is 0 Å². The first kappa shape index (κ1) is 12.8. The molecule has 0 saturated heterocycles. The van der Waals surface area contributed by atoms with Crippen molar-refractivity contribution in [2.24, 2.45) is 5.92 Å². The van der Waals surface area contributed by atoms with Gasteiger partial charge < -0.3 is 4.98 Å². The largest absolute Gasteiger partial charge is 0.328 e. The standard InChI is InChI=1S/C13H18N2O3/c1-8-5-3-4-6-11(8)15-12(17)10(9(2)16)7-14-13(15)18/h7-8,11H,3-6H2,1-2H3,(H,14,18). The molecule has 1 N–H and O–H groups in total. The molecular weight excluding hydrogens is 232 g/mol. The van der Waals surface area contributed by atoms with Gasteiger partial charge in [-0.25, -0.2) is 4.79 Å². The summed E-state index contributed by atoms with van der Waals surface area (Å²) in [7, 11) is 0. The second-order valence-corrected chi connectivity index (χ2v) is 5.07. The SMILES string of the molecule is CC(=O)c1c[nH]c(=O)n(C2CCCCC2C)c1=O. The molecule has 1 aliphatic rings. The molecule has 5 heteroatoms. The Morgan fingerprint density at radius 1 is 1.33 bits per heavy atom. The lowest BCUT2D eigenvalue weighted by Gasteiger charge is -2.29. The zero-order valence-corrected chi connectivity index (χ0v) is 10.7. The van der Waals surface area contributed by atoms with E-state index in [1.165, 1.54) is 17.7 Å². The fourth-order valence-corrected chi connectivity index (χ4v) is 2.72. The van der Waals surface area contributed by atoms with Crippen molar-refractivity contribution in [2.45, 2.75) is 45.6 Å². The van der Waals surface area contributed by atoms with Crippen LogP contribution in [0.5, 0.6) is 0 Å². The van der Waals surface area contributed by atoms with Gasteiger partial charge in [-0.3, -0.25) is 14.2 Å². The average molecular weight is 250 g/mol. The maximum absolute atomic E-state index is 12.2. The predicted octanol–water partition coefficient (Wildman–Crippen LogP) is 1.49. The summed E-state index contributed by atoms with van der Waals surface area (Å²) in [4.78, 5) is 37.9. The lowest BCUT2D eigenvalue weighted by molar-refractivity contribution is 0.101. The molecule has 2 atom stereocenters. The third-order valence-corrected chi connectivity index (χ3v) is 3.79. The van der Waals surface area contributed by atoms with Gasteiger partial charge in [-0.15, -0.1) is 0 Å². The van der Waals surface area contributed by atoms with Gasteiger partial charge in [0.15, 0.2) is 5.78 Å². The van der Waals surface area contributed by atoms with E-state index in [-0.39, 0.29) is 17.4 Å². The second kappa shape index (κ2) is 4.92. The number of carbonyl (C=O) groups is 1. The molecule has 18 heavy (non-hydrogen) atoms. The molecule has 0 aliphatic heterocycles. The summed E-state index contributed by atoms with van der Waals surface area (Å²) in [6, 6.07) is -0.0886. The minimum absolute atomic E-state index is 0.0624. The van der Waals surface area contributed by atoms with E-state index >= 15 is 0 Å². The fourth-order valence-electron chi connectivity index (χ4n) is 2.72. The van der Waals surface area contributed by atoms with E-state index in [1.54, 1.807) is 0 Å². The maximum atomic E-state index is 12.2. The van der Waals surface area contributed by atoms with Crippen LogP contribution in [0.3, 0.4) is 0 Å². The van der Waals surface area contributed by atoms with Crippen LogP contribution in [0.4, 0.5) is 0 Å². The van der Waals surface area contributed by atoms with E-state index in [0.29, 0.717) is 5.92 Å². The van der Waals surface area contributed by atoms with Crippen LogP contribution < -0.4 is 11.2 Å². The normalized spacial score (nSPS) is 23.9. The Bertz CT molecular complexity index is 570. The Morgan fingerprint density at radius 2 is 2.00 bits per heavy atom. The highest BCUT2D eigenvalue weighted by Crippen LogP contribution is 2.31. The first-order chi connectivity index (χ1) is 8.52. The number of nitrogens with one attached hydrogen (secondary N) is 1. The second-order valence-electron chi connectivity index (χ2n) is 5.07. The Labute approximate surface area is 105 Å². The fraction of sp³-hybridized carbons (Fsp3) is 0.615. The molecule has 1 fully saturated rings. The number of Topliss-reactive ketones (excluding diaryl/α,β-unsaturated/α-hetero) is 1. The lowest BCUT2D eigenvalue weighted by atomic mass is 9.85. The lowest BCUT2D eigenvalue weighted by Crippen LogP contribution is -2.43. The molecule has 0 spiro atoms. The topological polar surface area (TPSA) is 71.9 Å². The Hall–Kier alpha value is -1.65. The highest BCUT2D eigenvalue weighted by Gasteiger charge is 2.26. The average Bonchev–Trinajstić information content (AvgIpc) is 2.31. The van der Waals surface area contributed by atoms with Crippen molar-refractivity contribution in [3.63, 3.8) is 0 Å². The Kier molecular flexibility index (Phi) is 3.50. The highest BCUT2D eigenvalue weighted by atomic mass is 16.2. The summed E-state index contributed by atoms with van der Waals surface area (Å²) >= 11 is 0. The van der Waals surface area contributed by atoms with E-state index in [1.807, 2.05) is 0 Å². The van der Waals surface area contributed by atoms with Crippen LogP contribution in [0, 0.1) is 5.92 Å². The monoisotopic (exact) mass is 250 g/mol. The van der Waals surface area contributed by atoms with E-state index in [0.717, 1.165) is 25.7 Å². The predicted molar refractivity (Wildman–Crippen MR) is 68.0 cm³/mol. The summed E-state index contributed by atoms with van der Waals surface area (Å²) in [5, 5.41) is 0. The van der Waals surface area contributed by atoms with Gasteiger partial charge in [0.05, 0.1) is 5.56 Å². The molecule has 1 heterocycles. The number of ketones is 1. The number of hydrogen-bond acceptors (Lipinski definition) is 3. The van der Waals surface area contributed by atoms with E-state index < -0.39 is 11.2 Å². The number of nitrogens with zero attached hydrogens (tertiary/aromatic N) is 1. The molecule has 1 aromatic heterocycles. The molecule has 0 radical (unpaired) electrons. The summed E-state index contributed by atoms with van der Waals surface area (Å²) in [5.41, 5.74) is -0.805. The minimum atomic E-state index is -0.454. The van der Waals surface area contributed by atoms with Crippen molar-refractivity contribution in [2.75, 3.05) is 0 Å². The molecule has 2 unspecified atom stereocenters. The van der Waals surface area contributed by atoms with Crippen molar-refractivity contribution >= 4 is 5.78 Å². The zero-order chi connectivity index (χ0) is 13.3. The van der Waals surface area contributed by atoms with Gasteiger partial charge in [-0.2, -0.15) is 0 Å². The van der Waals surface area contributed by atoms with E-state index in [2.05, 4.69) is 11.9 Å². The molecule has 1 saturated carbocycles. The van der Waals surface area contributed by atoms with Crippen molar-refractivity contribution in [1.29, 1.82) is 0 Å². The molecule has 2 rings (SSSR count). The number of H-pyrrole nitrogens is 1. The summed E-state index contributed by atoms with van der Waals surface area (Å²) in [6.45, 7) is 3.39. The van der Waals surface area contributed by atoms with Crippen LogP contribution in [0.25, 0.3) is 0 Å². The number of carbonyl (C=O) groups excluding carboxylic acids is 1. The Balaban J connectivity index is 2.56. The first-order valence-electron chi connectivity index (χ1n) is 6.37. The quantitative estimate of drug-likeness (QED) is 0.808. The van der Waals surface area contributed by atoms with Crippen LogP contribution in [-0.4, -0.2) is 15.3 Å². The van der Waals surface area contributed by atoms with Gasteiger partial charge in [0.1, 0.15) is 0 Å². The molecule has 0 aromatic carbocycles. The molecule has 5 nitrogen and oxygen atoms in total. The third-order valence-electron chi connectivity index (χ3n) is 3.79. The van der Waals surface area contributed by atoms with Crippen molar-refractivity contribution in [3.05, 3.63) is 32.6 Å². The van der Waals surface area contributed by atoms with Crippen molar-refractivity contribution in [1.82, 2.24) is 9.55 Å². The third kappa shape index (κ3) is 2.17. The maximum Gasteiger partial charge on any atom is 0.328 e. The molecule has 1 aromatic rings. The zero-order valence-electron chi connectivity index (χ0n) is 10.7. The summed E-state index contributed by atoms with van der Waals surface area (Å²) < 4.78 is 1.24. The molecule has 0 amide bonds. The van der Waals surface area contributed by atoms with Crippen LogP contribution in [0.15, 0.2) is 15.8 Å². The summed E-state index contributed by atoms with van der Waals surface area (Å²) in [5.74, 6) is -0.0202. The Morgan fingerprint density at radius 3 is 2.61 bits per heavy atom. The van der Waals surface area contributed by atoms with Gasteiger partial charge in [0, 0.05) is 12.2 Å². The molecule has 1 aliphatic carbocycles. The van der Waals surface area contributed by atoms with Gasteiger partial charge in [-0.05, 0) is 25.7 Å². The highest BCUT2D eigenvalue weighted by molar-refractivity contribution is 5.93. The van der Waals surface area contributed by atoms with Crippen LogP contribution >= 0.6 is 0 Å². The van der Waals surface area contributed by atoms with Crippen molar-refractivity contribution in [3.8, 4) is 0 Å². The molecule has 0 bridgehead atoms. The van der Waals surface area contributed by atoms with E-state index in [9.17, 15) is 14.4 Å². The summed E-state index contributed by atoms with van der Waals surface area (Å²) in [6.07, 6.45) is 5.21. The van der Waals surface area contributed by atoms with Gasteiger partial charge in [-0.1, -0.05) is 19.8 Å². The first-order valence-corrected chi connectivity index (χ1v) is 6.37. The van der Waals surface area contributed by atoms with Crippen LogP contribution in [-0.2, 0) is 0 Å². The van der Waals surface area contributed by atoms with E-state index in [4.69, 9.17) is 0 Å². The smallest absolute Gasteiger partial charge is 0.313 e. The molecule has 98 valence electrons. The number of aromatic nitrogens is 2. The van der Waals surface area contributed by atoms with Gasteiger partial charge >= 0.3 is 5.69 Å². The van der Waals surface area contributed by atoms with Crippen LogP contribution in [0.1, 0.15) is 55.9 Å². The minimum Gasteiger partial charge on any atom is -0.313 e. The number of rotatable bonds is 2. The van der Waals surface area contributed by atoms with Crippen molar-refractivity contribution < 1.29 is 4.79 Å². The number of aromatic amines is 1.